The normalized spacial score (nSPS) is 37.4. The molecular formula is C18H33NO. The zero-order valence-corrected chi connectivity index (χ0v) is 13.3. The molecule has 0 aromatic rings. The number of hydrogen-bond donors (Lipinski definition) is 1. The van der Waals surface area contributed by atoms with Crippen LogP contribution >= 0.6 is 0 Å². The van der Waals surface area contributed by atoms with Gasteiger partial charge >= 0.3 is 0 Å². The zero-order chi connectivity index (χ0) is 13.8. The average Bonchev–Trinajstić information content (AvgIpc) is 2.93. The molecule has 3 fully saturated rings. The first-order valence-corrected chi connectivity index (χ1v) is 9.19. The molecule has 2 saturated carbocycles. The minimum atomic E-state index is 0.312. The maximum absolute atomic E-state index is 6.22. The molecule has 0 aromatic heterocycles. The second-order valence-electron chi connectivity index (χ2n) is 7.57. The van der Waals surface area contributed by atoms with Crippen molar-refractivity contribution in [1.29, 1.82) is 0 Å². The van der Waals surface area contributed by atoms with E-state index < -0.39 is 0 Å². The minimum Gasteiger partial charge on any atom is -0.375 e. The van der Waals surface area contributed by atoms with Crippen molar-refractivity contribution in [2.45, 2.75) is 89.2 Å². The molecule has 3 atom stereocenters. The summed E-state index contributed by atoms with van der Waals surface area (Å²) in [6.45, 7) is 4.51. The van der Waals surface area contributed by atoms with Crippen LogP contribution in [0.15, 0.2) is 0 Å². The molecule has 20 heavy (non-hydrogen) atoms. The molecule has 2 heteroatoms. The highest BCUT2D eigenvalue weighted by Gasteiger charge is 2.42. The van der Waals surface area contributed by atoms with E-state index in [9.17, 15) is 0 Å². The molecule has 1 spiro atoms. The molecular weight excluding hydrogens is 246 g/mol. The monoisotopic (exact) mass is 279 g/mol. The molecule has 0 aromatic carbocycles. The van der Waals surface area contributed by atoms with Gasteiger partial charge in [0.1, 0.15) is 0 Å². The average molecular weight is 279 g/mol. The van der Waals surface area contributed by atoms with Crippen molar-refractivity contribution in [3.8, 4) is 0 Å². The maximum atomic E-state index is 6.22. The van der Waals surface area contributed by atoms with Crippen molar-refractivity contribution in [2.75, 3.05) is 13.2 Å². The van der Waals surface area contributed by atoms with Crippen LogP contribution in [0.3, 0.4) is 0 Å². The van der Waals surface area contributed by atoms with Crippen molar-refractivity contribution < 1.29 is 4.74 Å². The van der Waals surface area contributed by atoms with Gasteiger partial charge in [0.25, 0.3) is 0 Å². The van der Waals surface area contributed by atoms with E-state index in [4.69, 9.17) is 4.74 Å². The summed E-state index contributed by atoms with van der Waals surface area (Å²) in [5.41, 5.74) is 0.312. The predicted molar refractivity (Wildman–Crippen MR) is 83.9 cm³/mol. The van der Waals surface area contributed by atoms with E-state index in [1.54, 1.807) is 0 Å². The van der Waals surface area contributed by atoms with Crippen LogP contribution in [-0.2, 0) is 4.74 Å². The molecule has 0 amide bonds. The Bertz CT molecular complexity index is 298. The highest BCUT2D eigenvalue weighted by Crippen LogP contribution is 2.46. The summed E-state index contributed by atoms with van der Waals surface area (Å²) >= 11 is 0. The van der Waals surface area contributed by atoms with Crippen molar-refractivity contribution in [3.05, 3.63) is 0 Å². The van der Waals surface area contributed by atoms with Crippen molar-refractivity contribution in [1.82, 2.24) is 5.32 Å². The first-order chi connectivity index (χ1) is 9.81. The van der Waals surface area contributed by atoms with E-state index in [0.29, 0.717) is 5.60 Å². The van der Waals surface area contributed by atoms with Crippen LogP contribution in [0.4, 0.5) is 0 Å². The first kappa shape index (κ1) is 14.8. The Kier molecular flexibility index (Phi) is 5.04. The molecule has 2 nitrogen and oxygen atoms in total. The van der Waals surface area contributed by atoms with E-state index in [1.165, 1.54) is 77.2 Å². The lowest BCUT2D eigenvalue weighted by Crippen LogP contribution is -2.42. The topological polar surface area (TPSA) is 21.3 Å². The lowest BCUT2D eigenvalue weighted by atomic mass is 9.71. The minimum absolute atomic E-state index is 0.312. The zero-order valence-electron chi connectivity index (χ0n) is 13.3. The van der Waals surface area contributed by atoms with Gasteiger partial charge in [0.15, 0.2) is 0 Å². The molecule has 116 valence electrons. The lowest BCUT2D eigenvalue weighted by molar-refractivity contribution is -0.105. The van der Waals surface area contributed by atoms with Crippen LogP contribution in [0.2, 0.25) is 0 Å². The summed E-state index contributed by atoms with van der Waals surface area (Å²) in [5.74, 6) is 1.92. The SMILES string of the molecule is CCCNC1CCCC(C2CCOC3(CCCC3)C2)C1. The Balaban J connectivity index is 1.54. The van der Waals surface area contributed by atoms with Crippen molar-refractivity contribution >= 4 is 0 Å². The number of rotatable bonds is 4. The lowest BCUT2D eigenvalue weighted by Gasteiger charge is -2.43. The smallest absolute Gasteiger partial charge is 0.0685 e. The summed E-state index contributed by atoms with van der Waals surface area (Å²) in [7, 11) is 0. The Morgan fingerprint density at radius 3 is 2.70 bits per heavy atom. The van der Waals surface area contributed by atoms with Crippen LogP contribution in [0, 0.1) is 11.8 Å². The van der Waals surface area contributed by atoms with Gasteiger partial charge in [0, 0.05) is 12.6 Å². The third-order valence-corrected chi connectivity index (χ3v) is 6.11. The molecule has 3 rings (SSSR count). The Morgan fingerprint density at radius 2 is 1.90 bits per heavy atom. The van der Waals surface area contributed by atoms with Gasteiger partial charge < -0.3 is 10.1 Å². The summed E-state index contributed by atoms with van der Waals surface area (Å²) in [6, 6.07) is 0.802. The third kappa shape index (κ3) is 3.39. The number of nitrogens with one attached hydrogen (secondary N) is 1. The molecule has 3 aliphatic rings. The quantitative estimate of drug-likeness (QED) is 0.829. The van der Waals surface area contributed by atoms with Crippen LogP contribution in [0.5, 0.6) is 0 Å². The summed E-state index contributed by atoms with van der Waals surface area (Å²) in [5, 5.41) is 3.77. The van der Waals surface area contributed by atoms with Crippen LogP contribution in [0.1, 0.15) is 77.6 Å². The molecule has 2 aliphatic carbocycles. The fourth-order valence-electron chi connectivity index (χ4n) is 5.03. The molecule has 3 unspecified atom stereocenters. The first-order valence-electron chi connectivity index (χ1n) is 9.19. The fourth-order valence-corrected chi connectivity index (χ4v) is 5.03. The number of hydrogen-bond acceptors (Lipinski definition) is 2. The van der Waals surface area contributed by atoms with Gasteiger partial charge in [0.05, 0.1) is 5.60 Å². The van der Waals surface area contributed by atoms with Crippen LogP contribution in [0.25, 0.3) is 0 Å². The second-order valence-corrected chi connectivity index (χ2v) is 7.57. The van der Waals surface area contributed by atoms with Gasteiger partial charge in [-0.3, -0.25) is 0 Å². The van der Waals surface area contributed by atoms with E-state index >= 15 is 0 Å². The van der Waals surface area contributed by atoms with Gasteiger partial charge in [-0.25, -0.2) is 0 Å². The predicted octanol–water partition coefficient (Wildman–Crippen LogP) is 4.28. The fraction of sp³-hybridized carbons (Fsp3) is 1.00. The molecule has 1 N–H and O–H groups in total. The van der Waals surface area contributed by atoms with Crippen LogP contribution < -0.4 is 5.32 Å². The van der Waals surface area contributed by atoms with Crippen LogP contribution in [-0.4, -0.2) is 24.8 Å². The molecule has 1 aliphatic heterocycles. The molecule has 0 radical (unpaired) electrons. The Hall–Kier alpha value is -0.0800. The van der Waals surface area contributed by atoms with Crippen molar-refractivity contribution in [3.63, 3.8) is 0 Å². The van der Waals surface area contributed by atoms with Gasteiger partial charge in [-0.15, -0.1) is 0 Å². The van der Waals surface area contributed by atoms with Gasteiger partial charge in [-0.05, 0) is 63.3 Å². The molecule has 1 saturated heterocycles. The standard InChI is InChI=1S/C18H33NO/c1-2-11-19-17-7-5-6-15(13-17)16-8-12-20-18(14-16)9-3-4-10-18/h15-17,19H,2-14H2,1H3. The van der Waals surface area contributed by atoms with E-state index in [-0.39, 0.29) is 0 Å². The molecule has 1 heterocycles. The van der Waals surface area contributed by atoms with E-state index in [0.717, 1.165) is 24.5 Å². The van der Waals surface area contributed by atoms with E-state index in [1.807, 2.05) is 0 Å². The van der Waals surface area contributed by atoms with Gasteiger partial charge in [-0.1, -0.05) is 32.6 Å². The maximum Gasteiger partial charge on any atom is 0.0685 e. The number of ether oxygens (including phenoxy) is 1. The second kappa shape index (κ2) is 6.79. The molecule has 0 bridgehead atoms. The highest BCUT2D eigenvalue weighted by atomic mass is 16.5. The van der Waals surface area contributed by atoms with Crippen molar-refractivity contribution in [2.24, 2.45) is 11.8 Å². The highest BCUT2D eigenvalue weighted by molar-refractivity contribution is 4.94. The third-order valence-electron chi connectivity index (χ3n) is 6.11. The summed E-state index contributed by atoms with van der Waals surface area (Å²) in [4.78, 5) is 0. The largest absolute Gasteiger partial charge is 0.375 e. The summed E-state index contributed by atoms with van der Waals surface area (Å²) in [6.07, 6.45) is 15.2. The Morgan fingerprint density at radius 1 is 1.05 bits per heavy atom. The van der Waals surface area contributed by atoms with E-state index in [2.05, 4.69) is 12.2 Å². The van der Waals surface area contributed by atoms with Gasteiger partial charge in [0.2, 0.25) is 0 Å². The van der Waals surface area contributed by atoms with Gasteiger partial charge in [-0.2, -0.15) is 0 Å². The summed E-state index contributed by atoms with van der Waals surface area (Å²) < 4.78 is 6.22. The Labute approximate surface area is 125 Å².